The molecule has 0 heterocycles. The van der Waals surface area contributed by atoms with Crippen molar-refractivity contribution in [2.24, 2.45) is 5.73 Å². The number of aliphatic hydroxyl groups excluding tert-OH is 1. The number of benzene rings is 2. The predicted octanol–water partition coefficient (Wildman–Crippen LogP) is 3.03. The third-order valence-electron chi connectivity index (χ3n) is 3.54. The van der Waals surface area contributed by atoms with Gasteiger partial charge in [-0.3, -0.25) is 0 Å². The SMILES string of the molecule is COc1ccc([C@@H](N)[C@@H](O)Cc2ccccc2)c(C)c1.Cl. The van der Waals surface area contributed by atoms with Crippen LogP contribution in [0.3, 0.4) is 0 Å². The molecular formula is C17H22ClNO2. The standard InChI is InChI=1S/C17H21NO2.ClH/c1-12-10-14(20-2)8-9-15(12)17(18)16(19)11-13-6-4-3-5-7-13;/h3-10,16-17,19H,11,18H2,1-2H3;1H/t16-,17+;/m0./s1. The van der Waals surface area contributed by atoms with E-state index >= 15 is 0 Å². The van der Waals surface area contributed by atoms with Crippen LogP contribution >= 0.6 is 12.4 Å². The quantitative estimate of drug-likeness (QED) is 0.892. The van der Waals surface area contributed by atoms with Crippen LogP contribution in [0.5, 0.6) is 5.75 Å². The van der Waals surface area contributed by atoms with Crippen LogP contribution in [0.4, 0.5) is 0 Å². The summed E-state index contributed by atoms with van der Waals surface area (Å²) in [6.07, 6.45) is -0.0579. The second kappa shape index (κ2) is 8.03. The van der Waals surface area contributed by atoms with Gasteiger partial charge < -0.3 is 15.6 Å². The van der Waals surface area contributed by atoms with Crippen molar-refractivity contribution in [2.45, 2.75) is 25.5 Å². The van der Waals surface area contributed by atoms with Gasteiger partial charge in [-0.25, -0.2) is 0 Å². The maximum absolute atomic E-state index is 10.3. The van der Waals surface area contributed by atoms with Crippen LogP contribution in [0.1, 0.15) is 22.7 Å². The van der Waals surface area contributed by atoms with Crippen LogP contribution in [0.25, 0.3) is 0 Å². The number of hydrogen-bond donors (Lipinski definition) is 2. The third-order valence-corrected chi connectivity index (χ3v) is 3.54. The van der Waals surface area contributed by atoms with Gasteiger partial charge >= 0.3 is 0 Å². The molecule has 0 radical (unpaired) electrons. The Morgan fingerprint density at radius 1 is 1.14 bits per heavy atom. The normalized spacial score (nSPS) is 13.1. The topological polar surface area (TPSA) is 55.5 Å². The van der Waals surface area contributed by atoms with Gasteiger partial charge in [0.05, 0.1) is 19.3 Å². The van der Waals surface area contributed by atoms with Crippen LogP contribution in [0.2, 0.25) is 0 Å². The fraction of sp³-hybridized carbons (Fsp3) is 0.294. The van der Waals surface area contributed by atoms with E-state index in [0.29, 0.717) is 6.42 Å². The molecule has 3 nitrogen and oxygen atoms in total. The first-order valence-corrected chi connectivity index (χ1v) is 6.74. The van der Waals surface area contributed by atoms with Crippen LogP contribution in [-0.2, 0) is 6.42 Å². The second-order valence-corrected chi connectivity index (χ2v) is 5.01. The lowest BCUT2D eigenvalue weighted by Gasteiger charge is -2.21. The highest BCUT2D eigenvalue weighted by atomic mass is 35.5. The highest BCUT2D eigenvalue weighted by Crippen LogP contribution is 2.24. The van der Waals surface area contributed by atoms with Crippen LogP contribution in [-0.4, -0.2) is 18.3 Å². The Morgan fingerprint density at radius 2 is 1.81 bits per heavy atom. The minimum atomic E-state index is -0.607. The van der Waals surface area contributed by atoms with Crippen molar-refractivity contribution >= 4 is 12.4 Å². The lowest BCUT2D eigenvalue weighted by Crippen LogP contribution is -2.28. The zero-order valence-electron chi connectivity index (χ0n) is 12.3. The lowest BCUT2D eigenvalue weighted by atomic mass is 9.94. The number of halogens is 1. The Kier molecular flexibility index (Phi) is 6.69. The molecular weight excluding hydrogens is 286 g/mol. The number of aliphatic hydroxyl groups is 1. The first kappa shape index (κ1) is 17.5. The lowest BCUT2D eigenvalue weighted by molar-refractivity contribution is 0.145. The Bertz CT molecular complexity index is 560. The van der Waals surface area contributed by atoms with Crippen LogP contribution in [0.15, 0.2) is 48.5 Å². The summed E-state index contributed by atoms with van der Waals surface area (Å²) in [6, 6.07) is 15.2. The molecule has 0 bridgehead atoms. The minimum Gasteiger partial charge on any atom is -0.497 e. The first-order chi connectivity index (χ1) is 9.61. The van der Waals surface area contributed by atoms with Gasteiger partial charge in [-0.15, -0.1) is 12.4 Å². The summed E-state index contributed by atoms with van der Waals surface area (Å²) in [7, 11) is 1.64. The van der Waals surface area contributed by atoms with E-state index < -0.39 is 12.1 Å². The summed E-state index contributed by atoms with van der Waals surface area (Å²) in [5.74, 6) is 0.802. The molecule has 2 aromatic carbocycles. The molecule has 0 fully saturated rings. The Hall–Kier alpha value is -1.55. The molecule has 2 aromatic rings. The molecule has 0 amide bonds. The fourth-order valence-electron chi connectivity index (χ4n) is 2.34. The van der Waals surface area contributed by atoms with Gasteiger partial charge in [-0.05, 0) is 35.7 Å². The van der Waals surface area contributed by atoms with Gasteiger partial charge in [-0.1, -0.05) is 36.4 Å². The first-order valence-electron chi connectivity index (χ1n) is 6.74. The zero-order valence-corrected chi connectivity index (χ0v) is 13.1. The maximum Gasteiger partial charge on any atom is 0.119 e. The molecule has 3 N–H and O–H groups in total. The molecule has 0 unspecified atom stereocenters. The van der Waals surface area contributed by atoms with Crippen molar-refractivity contribution < 1.29 is 9.84 Å². The smallest absolute Gasteiger partial charge is 0.119 e. The molecule has 0 aliphatic heterocycles. The summed E-state index contributed by atoms with van der Waals surface area (Å²) in [5, 5.41) is 10.3. The summed E-state index contributed by atoms with van der Waals surface area (Å²) < 4.78 is 5.18. The average molecular weight is 308 g/mol. The second-order valence-electron chi connectivity index (χ2n) is 5.01. The van der Waals surface area contributed by atoms with Crippen molar-refractivity contribution in [3.05, 3.63) is 65.2 Å². The van der Waals surface area contributed by atoms with E-state index in [1.807, 2.05) is 55.5 Å². The Balaban J connectivity index is 0.00000220. The molecule has 2 atom stereocenters. The van der Waals surface area contributed by atoms with E-state index in [1.165, 1.54) is 0 Å². The Morgan fingerprint density at radius 3 is 2.38 bits per heavy atom. The predicted molar refractivity (Wildman–Crippen MR) is 88.1 cm³/mol. The summed E-state index contributed by atoms with van der Waals surface area (Å²) in [6.45, 7) is 1.98. The van der Waals surface area contributed by atoms with E-state index in [9.17, 15) is 5.11 Å². The molecule has 0 aliphatic carbocycles. The number of ether oxygens (including phenoxy) is 1. The van der Waals surface area contributed by atoms with E-state index in [-0.39, 0.29) is 12.4 Å². The van der Waals surface area contributed by atoms with Gasteiger partial charge in [-0.2, -0.15) is 0 Å². The fourth-order valence-corrected chi connectivity index (χ4v) is 2.34. The van der Waals surface area contributed by atoms with Gasteiger partial charge in [0.15, 0.2) is 0 Å². The van der Waals surface area contributed by atoms with Crippen molar-refractivity contribution in [3.63, 3.8) is 0 Å². The molecule has 0 aliphatic rings. The molecule has 0 spiro atoms. The van der Waals surface area contributed by atoms with Gasteiger partial charge in [0.25, 0.3) is 0 Å². The monoisotopic (exact) mass is 307 g/mol. The average Bonchev–Trinajstić information content (AvgIpc) is 2.47. The maximum atomic E-state index is 10.3. The number of rotatable bonds is 5. The summed E-state index contributed by atoms with van der Waals surface area (Å²) in [5.41, 5.74) is 9.26. The van der Waals surface area contributed by atoms with Gasteiger partial charge in [0.2, 0.25) is 0 Å². The highest BCUT2D eigenvalue weighted by Gasteiger charge is 2.19. The van der Waals surface area contributed by atoms with Crippen molar-refractivity contribution in [2.75, 3.05) is 7.11 Å². The molecule has 21 heavy (non-hydrogen) atoms. The van der Waals surface area contributed by atoms with E-state index in [1.54, 1.807) is 7.11 Å². The molecule has 4 heteroatoms. The molecule has 0 saturated carbocycles. The minimum absolute atomic E-state index is 0. The molecule has 0 aromatic heterocycles. The van der Waals surface area contributed by atoms with Crippen LogP contribution in [0, 0.1) is 6.92 Å². The molecule has 114 valence electrons. The largest absolute Gasteiger partial charge is 0.497 e. The van der Waals surface area contributed by atoms with E-state index in [4.69, 9.17) is 10.5 Å². The van der Waals surface area contributed by atoms with Crippen molar-refractivity contribution in [1.82, 2.24) is 0 Å². The number of methoxy groups -OCH3 is 1. The molecule has 2 rings (SSSR count). The highest BCUT2D eigenvalue weighted by molar-refractivity contribution is 5.85. The van der Waals surface area contributed by atoms with Crippen molar-refractivity contribution in [1.29, 1.82) is 0 Å². The van der Waals surface area contributed by atoms with E-state index in [0.717, 1.165) is 22.4 Å². The number of nitrogens with two attached hydrogens (primary N) is 1. The van der Waals surface area contributed by atoms with Crippen LogP contribution < -0.4 is 10.5 Å². The third kappa shape index (κ3) is 4.46. The molecule has 0 saturated heterocycles. The number of aryl methyl sites for hydroxylation is 1. The summed E-state index contributed by atoms with van der Waals surface area (Å²) >= 11 is 0. The van der Waals surface area contributed by atoms with Gasteiger partial charge in [0.1, 0.15) is 5.75 Å². The summed E-state index contributed by atoms with van der Waals surface area (Å²) in [4.78, 5) is 0. The zero-order chi connectivity index (χ0) is 14.5. The Labute approximate surface area is 132 Å². The van der Waals surface area contributed by atoms with Crippen molar-refractivity contribution in [3.8, 4) is 5.75 Å². The number of hydrogen-bond acceptors (Lipinski definition) is 3. The van der Waals surface area contributed by atoms with E-state index in [2.05, 4.69) is 0 Å². The van der Waals surface area contributed by atoms with Gasteiger partial charge in [0, 0.05) is 6.42 Å².